The van der Waals surface area contributed by atoms with Crippen molar-refractivity contribution >= 4 is 27.4 Å². The van der Waals surface area contributed by atoms with Crippen molar-refractivity contribution in [2.45, 2.75) is 23.0 Å². The van der Waals surface area contributed by atoms with E-state index in [1.54, 1.807) is 31.2 Å². The minimum Gasteiger partial charge on any atom is -0.497 e. The van der Waals surface area contributed by atoms with Crippen molar-refractivity contribution in [1.82, 2.24) is 0 Å². The lowest BCUT2D eigenvalue weighted by Gasteiger charge is -2.09. The molecule has 6 nitrogen and oxygen atoms in total. The van der Waals surface area contributed by atoms with E-state index in [1.165, 1.54) is 31.4 Å². The number of halogens is 1. The molecule has 1 saturated carbocycles. The van der Waals surface area contributed by atoms with Gasteiger partial charge in [0, 0.05) is 10.9 Å². The Morgan fingerprint density at radius 1 is 1.18 bits per heavy atom. The summed E-state index contributed by atoms with van der Waals surface area (Å²) in [6, 6.07) is 14.2. The summed E-state index contributed by atoms with van der Waals surface area (Å²) in [5, 5.41) is 8.99. The van der Waals surface area contributed by atoms with Gasteiger partial charge < -0.3 is 9.47 Å². The Hall–Kier alpha value is -2.56. The van der Waals surface area contributed by atoms with Gasteiger partial charge in [0.05, 0.1) is 24.7 Å². The van der Waals surface area contributed by atoms with E-state index >= 15 is 0 Å². The highest BCUT2D eigenvalue weighted by molar-refractivity contribution is 7.92. The number of nitrogens with zero attached hydrogens (tertiary/aromatic N) is 1. The van der Waals surface area contributed by atoms with E-state index in [0.29, 0.717) is 16.3 Å². The molecule has 0 saturated heterocycles. The van der Waals surface area contributed by atoms with E-state index in [4.69, 9.17) is 21.1 Å². The van der Waals surface area contributed by atoms with Gasteiger partial charge in [-0.15, -0.1) is 0 Å². The Bertz CT molecular complexity index is 1030. The van der Waals surface area contributed by atoms with Crippen LogP contribution < -0.4 is 4.74 Å². The summed E-state index contributed by atoms with van der Waals surface area (Å²) in [6.07, 6.45) is 0. The Morgan fingerprint density at radius 2 is 1.79 bits per heavy atom. The summed E-state index contributed by atoms with van der Waals surface area (Å²) < 4.78 is 36.7. The number of carbonyl (C=O) groups is 1. The van der Waals surface area contributed by atoms with Crippen molar-refractivity contribution in [3.05, 3.63) is 59.1 Å². The van der Waals surface area contributed by atoms with Gasteiger partial charge in [-0.2, -0.15) is 5.26 Å². The van der Waals surface area contributed by atoms with E-state index in [-0.39, 0.29) is 11.5 Å². The zero-order valence-corrected chi connectivity index (χ0v) is 16.8. The fourth-order valence-corrected chi connectivity index (χ4v) is 5.84. The number of esters is 1. The molecule has 3 atom stereocenters. The average molecular weight is 420 g/mol. The molecule has 8 heteroatoms. The van der Waals surface area contributed by atoms with Crippen LogP contribution in [0.15, 0.2) is 53.4 Å². The van der Waals surface area contributed by atoms with Crippen LogP contribution >= 0.6 is 11.6 Å². The van der Waals surface area contributed by atoms with Crippen LogP contribution in [-0.2, 0) is 19.4 Å². The fraction of sp³-hybridized carbons (Fsp3) is 0.300. The van der Waals surface area contributed by atoms with Gasteiger partial charge in [0.25, 0.3) is 0 Å². The molecular weight excluding hydrogens is 402 g/mol. The van der Waals surface area contributed by atoms with Crippen LogP contribution in [0.3, 0.4) is 0 Å². The zero-order valence-electron chi connectivity index (χ0n) is 15.3. The summed E-state index contributed by atoms with van der Waals surface area (Å²) >= 11 is 5.85. The molecule has 2 aromatic rings. The van der Waals surface area contributed by atoms with E-state index < -0.39 is 32.4 Å². The molecule has 1 aliphatic rings. The quantitative estimate of drug-likeness (QED) is 0.666. The van der Waals surface area contributed by atoms with Crippen LogP contribution in [0.2, 0.25) is 5.02 Å². The van der Waals surface area contributed by atoms with Crippen LogP contribution in [0.25, 0.3) is 0 Å². The first-order valence-corrected chi connectivity index (χ1v) is 10.5. The first-order chi connectivity index (χ1) is 13.3. The number of benzene rings is 2. The topological polar surface area (TPSA) is 93.5 Å². The van der Waals surface area contributed by atoms with Crippen LogP contribution in [0.4, 0.5) is 0 Å². The zero-order chi connectivity index (χ0) is 20.5. The molecule has 1 aliphatic carbocycles. The standard InChI is InChI=1S/C20H18ClNO5S/c1-3-27-19(23)20(12-22)17(13-4-8-15(26-2)9-5-13)18(20)28(24,25)16-10-6-14(21)7-11-16/h4-11,17-18H,3H2,1-2H3/t17-,18+,20-/m1/s1. The smallest absolute Gasteiger partial charge is 0.328 e. The number of hydrogen-bond donors (Lipinski definition) is 0. The monoisotopic (exact) mass is 419 g/mol. The molecule has 0 radical (unpaired) electrons. The van der Waals surface area contributed by atoms with Gasteiger partial charge >= 0.3 is 5.97 Å². The first-order valence-electron chi connectivity index (χ1n) is 8.54. The third kappa shape index (κ3) is 3.13. The number of rotatable bonds is 6. The van der Waals surface area contributed by atoms with Crippen molar-refractivity contribution < 1.29 is 22.7 Å². The average Bonchev–Trinajstić information content (AvgIpc) is 3.40. The molecule has 0 unspecified atom stereocenters. The predicted molar refractivity (Wildman–Crippen MR) is 103 cm³/mol. The molecule has 0 aliphatic heterocycles. The molecule has 0 spiro atoms. The summed E-state index contributed by atoms with van der Waals surface area (Å²) in [5.74, 6) is -1.09. The highest BCUT2D eigenvalue weighted by atomic mass is 35.5. The summed E-state index contributed by atoms with van der Waals surface area (Å²) in [4.78, 5) is 12.7. The largest absolute Gasteiger partial charge is 0.497 e. The molecule has 0 amide bonds. The van der Waals surface area contributed by atoms with Crippen molar-refractivity contribution in [3.8, 4) is 11.8 Å². The fourth-order valence-electron chi connectivity index (χ4n) is 3.47. The van der Waals surface area contributed by atoms with E-state index in [0.717, 1.165) is 0 Å². The number of ether oxygens (including phenoxy) is 2. The molecule has 28 heavy (non-hydrogen) atoms. The second kappa shape index (κ2) is 7.46. The van der Waals surface area contributed by atoms with Crippen LogP contribution in [0.5, 0.6) is 5.75 Å². The van der Waals surface area contributed by atoms with E-state index in [1.807, 2.05) is 6.07 Å². The van der Waals surface area contributed by atoms with Crippen LogP contribution in [0, 0.1) is 16.7 Å². The maximum absolute atomic E-state index is 13.3. The Balaban J connectivity index is 2.11. The maximum atomic E-state index is 13.3. The van der Waals surface area contributed by atoms with Crippen molar-refractivity contribution in [1.29, 1.82) is 5.26 Å². The Morgan fingerprint density at radius 3 is 2.29 bits per heavy atom. The normalized spacial score (nSPS) is 23.5. The lowest BCUT2D eigenvalue weighted by Crippen LogP contribution is -2.25. The number of sulfone groups is 1. The van der Waals surface area contributed by atoms with Crippen molar-refractivity contribution in [2.75, 3.05) is 13.7 Å². The number of carbonyl (C=O) groups excluding carboxylic acids is 1. The Labute approximate surface area is 168 Å². The molecule has 0 heterocycles. The van der Waals surface area contributed by atoms with Crippen LogP contribution in [-0.4, -0.2) is 33.4 Å². The summed E-state index contributed by atoms with van der Waals surface area (Å²) in [5.41, 5.74) is -1.25. The third-order valence-electron chi connectivity index (χ3n) is 4.88. The van der Waals surface area contributed by atoms with Gasteiger partial charge in [0.1, 0.15) is 11.0 Å². The van der Waals surface area contributed by atoms with Gasteiger partial charge in [-0.1, -0.05) is 23.7 Å². The van der Waals surface area contributed by atoms with Gasteiger partial charge in [0.15, 0.2) is 15.3 Å². The SMILES string of the molecule is CCOC(=O)[C@]1(C#N)[C@H](c2ccc(OC)cc2)[C@@H]1S(=O)(=O)c1ccc(Cl)cc1. The third-order valence-corrected chi connectivity index (χ3v) is 7.38. The highest BCUT2D eigenvalue weighted by Crippen LogP contribution is 2.64. The first kappa shape index (κ1) is 20.2. The maximum Gasteiger partial charge on any atom is 0.328 e. The number of nitriles is 1. The minimum absolute atomic E-state index is 0.00170. The van der Waals surface area contributed by atoms with Crippen molar-refractivity contribution in [3.63, 3.8) is 0 Å². The highest BCUT2D eigenvalue weighted by Gasteiger charge is 2.77. The Kier molecular flexibility index (Phi) is 5.37. The lowest BCUT2D eigenvalue weighted by atomic mass is 10.0. The molecule has 1 fully saturated rings. The van der Waals surface area contributed by atoms with Crippen LogP contribution in [0.1, 0.15) is 18.4 Å². The second-order valence-corrected chi connectivity index (χ2v) is 8.88. The van der Waals surface area contributed by atoms with E-state index in [2.05, 4.69) is 0 Å². The minimum atomic E-state index is -3.99. The molecule has 146 valence electrons. The molecular formula is C20H18ClNO5S. The number of hydrogen-bond acceptors (Lipinski definition) is 6. The number of methoxy groups -OCH3 is 1. The second-order valence-electron chi connectivity index (χ2n) is 6.37. The lowest BCUT2D eigenvalue weighted by molar-refractivity contribution is -0.147. The van der Waals surface area contributed by atoms with Gasteiger partial charge in [-0.3, -0.25) is 4.79 Å². The molecule has 3 rings (SSSR count). The van der Waals surface area contributed by atoms with Gasteiger partial charge in [-0.05, 0) is 48.9 Å². The van der Waals surface area contributed by atoms with Gasteiger partial charge in [0.2, 0.25) is 0 Å². The van der Waals surface area contributed by atoms with Crippen molar-refractivity contribution in [2.24, 2.45) is 5.41 Å². The summed E-state index contributed by atoms with van der Waals surface area (Å²) in [7, 11) is -2.48. The van der Waals surface area contributed by atoms with E-state index in [9.17, 15) is 18.5 Å². The van der Waals surface area contributed by atoms with Gasteiger partial charge in [-0.25, -0.2) is 8.42 Å². The molecule has 0 aromatic heterocycles. The predicted octanol–water partition coefficient (Wildman–Crippen LogP) is 3.36. The molecule has 2 aromatic carbocycles. The molecule has 0 N–H and O–H groups in total. The summed E-state index contributed by atoms with van der Waals surface area (Å²) in [6.45, 7) is 1.65. The molecule has 0 bridgehead atoms.